The van der Waals surface area contributed by atoms with Crippen molar-refractivity contribution in [1.82, 2.24) is 0 Å². The maximum Gasteiger partial charge on any atom is 0.576 e. The lowest BCUT2D eigenvalue weighted by Gasteiger charge is -2.15. The third kappa shape index (κ3) is 5.93. The topological polar surface area (TPSA) is 36.9 Å². The molecule has 0 aliphatic heterocycles. The van der Waals surface area contributed by atoms with E-state index in [0.717, 1.165) is 34.1 Å². The molecule has 0 unspecified atom stereocenters. The van der Waals surface area contributed by atoms with Crippen LogP contribution in [0.15, 0.2) is 36.4 Å². The second kappa shape index (κ2) is 8.70. The number of hydrogen-bond donors (Lipinski definition) is 0. The maximum absolute atomic E-state index is 5.73. The lowest BCUT2D eigenvalue weighted by atomic mass is 10.2. The summed E-state index contributed by atoms with van der Waals surface area (Å²) in [6.45, 7) is 12.0. The third-order valence-electron chi connectivity index (χ3n) is 3.47. The van der Waals surface area contributed by atoms with E-state index in [2.05, 4.69) is 0 Å². The molecule has 2 aromatic carbocycles. The van der Waals surface area contributed by atoms with E-state index >= 15 is 0 Å². The molecule has 0 heterocycles. The predicted molar refractivity (Wildman–Crippen MR) is 102 cm³/mol. The first-order chi connectivity index (χ1) is 11.8. The van der Waals surface area contributed by atoms with Crippen LogP contribution in [0.1, 0.15) is 38.8 Å². The second-order valence-corrected chi connectivity index (χ2v) is 6.59. The molecule has 0 atom stereocenters. The van der Waals surface area contributed by atoms with Crippen LogP contribution in [0.4, 0.5) is 0 Å². The Kier molecular flexibility index (Phi) is 6.62. The summed E-state index contributed by atoms with van der Waals surface area (Å²) < 4.78 is 22.8. The van der Waals surface area contributed by atoms with Gasteiger partial charge < -0.3 is 18.8 Å². The van der Waals surface area contributed by atoms with Crippen LogP contribution in [-0.4, -0.2) is 19.9 Å². The van der Waals surface area contributed by atoms with Crippen molar-refractivity contribution in [2.24, 2.45) is 0 Å². The molecule has 2 aromatic rings. The summed E-state index contributed by atoms with van der Waals surface area (Å²) in [5.41, 5.74) is 2.08. The number of aryl methyl sites for hydroxylation is 2. The Balaban J connectivity index is 1.90. The average molecular weight is 342 g/mol. The van der Waals surface area contributed by atoms with Crippen LogP contribution >= 0.6 is 0 Å². The fourth-order valence-electron chi connectivity index (χ4n) is 2.36. The van der Waals surface area contributed by atoms with Crippen LogP contribution in [0.2, 0.25) is 0 Å². The van der Waals surface area contributed by atoms with Crippen molar-refractivity contribution < 1.29 is 18.8 Å². The first-order valence-electron chi connectivity index (χ1n) is 8.65. The van der Waals surface area contributed by atoms with Gasteiger partial charge in [0.05, 0.1) is 12.2 Å². The van der Waals surface area contributed by atoms with Crippen molar-refractivity contribution in [2.75, 3.05) is 0 Å². The van der Waals surface area contributed by atoms with Gasteiger partial charge in [0.2, 0.25) is 0 Å². The zero-order valence-electron chi connectivity index (χ0n) is 16.0. The van der Waals surface area contributed by atoms with E-state index in [4.69, 9.17) is 18.8 Å². The van der Waals surface area contributed by atoms with Gasteiger partial charge in [-0.3, -0.25) is 0 Å². The highest BCUT2D eigenvalue weighted by Crippen LogP contribution is 2.26. The normalized spacial score (nSPS) is 10.7. The Hall–Kier alpha value is -2.30. The number of ether oxygens (including phenoxy) is 2. The fourth-order valence-corrected chi connectivity index (χ4v) is 2.36. The highest BCUT2D eigenvalue weighted by atomic mass is 16.6. The molecule has 0 saturated heterocycles. The summed E-state index contributed by atoms with van der Waals surface area (Å²) in [7, 11) is 0.146. The molecule has 0 aliphatic carbocycles. The first kappa shape index (κ1) is 19.0. The molecule has 0 amide bonds. The molecule has 5 heteroatoms. The van der Waals surface area contributed by atoms with Crippen molar-refractivity contribution >= 4 is 7.69 Å². The van der Waals surface area contributed by atoms with Crippen molar-refractivity contribution in [3.8, 4) is 23.0 Å². The van der Waals surface area contributed by atoms with Gasteiger partial charge in [-0.1, -0.05) is 0 Å². The van der Waals surface area contributed by atoms with Gasteiger partial charge in [0, 0.05) is 0 Å². The molecule has 0 spiro atoms. The van der Waals surface area contributed by atoms with Crippen molar-refractivity contribution in [2.45, 2.75) is 53.8 Å². The molecule has 0 aliphatic rings. The second-order valence-electron chi connectivity index (χ2n) is 6.59. The van der Waals surface area contributed by atoms with Crippen LogP contribution in [0.5, 0.6) is 23.0 Å². The van der Waals surface area contributed by atoms with Crippen LogP contribution in [0, 0.1) is 13.8 Å². The molecule has 4 nitrogen and oxygen atoms in total. The summed E-state index contributed by atoms with van der Waals surface area (Å²) in [5, 5.41) is 0. The fraction of sp³-hybridized carbons (Fsp3) is 0.400. The van der Waals surface area contributed by atoms with Gasteiger partial charge in [0.1, 0.15) is 23.0 Å². The van der Waals surface area contributed by atoms with Crippen molar-refractivity contribution in [3.05, 3.63) is 47.5 Å². The molecule has 0 fully saturated rings. The lowest BCUT2D eigenvalue weighted by molar-refractivity contribution is 0.240. The van der Waals surface area contributed by atoms with Crippen molar-refractivity contribution in [1.29, 1.82) is 0 Å². The quantitative estimate of drug-likeness (QED) is 0.657. The van der Waals surface area contributed by atoms with E-state index in [1.165, 1.54) is 0 Å². The Morgan fingerprint density at radius 2 is 1.08 bits per heavy atom. The van der Waals surface area contributed by atoms with Gasteiger partial charge in [-0.15, -0.1) is 0 Å². The molecule has 25 heavy (non-hydrogen) atoms. The first-order valence-corrected chi connectivity index (χ1v) is 8.65. The molecule has 0 N–H and O–H groups in total. The van der Waals surface area contributed by atoms with Crippen molar-refractivity contribution in [3.63, 3.8) is 0 Å². The summed E-state index contributed by atoms with van der Waals surface area (Å²) in [4.78, 5) is 0. The lowest BCUT2D eigenvalue weighted by Crippen LogP contribution is -2.12. The van der Waals surface area contributed by atoms with Gasteiger partial charge in [0.15, 0.2) is 0 Å². The highest BCUT2D eigenvalue weighted by molar-refractivity contribution is 6.20. The number of benzene rings is 2. The smallest absolute Gasteiger partial charge is 0.529 e. The molecule has 2 rings (SSSR count). The highest BCUT2D eigenvalue weighted by Gasteiger charge is 2.07. The maximum atomic E-state index is 5.73. The van der Waals surface area contributed by atoms with E-state index in [-0.39, 0.29) is 19.9 Å². The van der Waals surface area contributed by atoms with Crippen LogP contribution < -0.4 is 18.8 Å². The van der Waals surface area contributed by atoms with Gasteiger partial charge >= 0.3 is 7.69 Å². The molecular weight excluding hydrogens is 315 g/mol. The largest absolute Gasteiger partial charge is 0.576 e. The zero-order valence-corrected chi connectivity index (χ0v) is 16.0. The van der Waals surface area contributed by atoms with E-state index < -0.39 is 0 Å². The average Bonchev–Trinajstić information content (AvgIpc) is 2.52. The minimum Gasteiger partial charge on any atom is -0.529 e. The Bertz CT molecular complexity index is 639. The van der Waals surface area contributed by atoms with E-state index in [1.54, 1.807) is 0 Å². The monoisotopic (exact) mass is 342 g/mol. The van der Waals surface area contributed by atoms with Gasteiger partial charge in [-0.2, -0.15) is 0 Å². The SMILES string of the molecule is Cc1cc(OBOc2ccc(OC(C)C)c(C)c2)ccc1OC(C)C. The summed E-state index contributed by atoms with van der Waals surface area (Å²) >= 11 is 0. The van der Waals surface area contributed by atoms with Crippen LogP contribution in [0.3, 0.4) is 0 Å². The Morgan fingerprint density at radius 3 is 1.40 bits per heavy atom. The number of hydrogen-bond acceptors (Lipinski definition) is 4. The standard InChI is InChI=1S/C20H27BO4/c1-13(2)22-19-9-7-17(11-15(19)5)24-21-25-18-8-10-20(16(6)12-18)23-14(3)4/h7-14,21H,1-6H3. The molecule has 0 radical (unpaired) electrons. The third-order valence-corrected chi connectivity index (χ3v) is 3.47. The molecular formula is C20H27BO4. The Morgan fingerprint density at radius 1 is 0.680 bits per heavy atom. The molecule has 0 aromatic heterocycles. The van der Waals surface area contributed by atoms with E-state index in [0.29, 0.717) is 0 Å². The van der Waals surface area contributed by atoms with Crippen LogP contribution in [0.25, 0.3) is 0 Å². The predicted octanol–water partition coefficient (Wildman–Crippen LogP) is 4.60. The van der Waals surface area contributed by atoms with Gasteiger partial charge in [-0.25, -0.2) is 0 Å². The summed E-state index contributed by atoms with van der Waals surface area (Å²) in [5.74, 6) is 3.26. The minimum atomic E-state index is 0.146. The van der Waals surface area contributed by atoms with Gasteiger partial charge in [0.25, 0.3) is 0 Å². The molecule has 0 bridgehead atoms. The minimum absolute atomic E-state index is 0.146. The Labute approximate surface area is 151 Å². The molecule has 0 saturated carbocycles. The zero-order chi connectivity index (χ0) is 18.4. The molecule has 134 valence electrons. The van der Waals surface area contributed by atoms with E-state index in [9.17, 15) is 0 Å². The summed E-state index contributed by atoms with van der Waals surface area (Å²) in [6.07, 6.45) is 0.305. The van der Waals surface area contributed by atoms with Crippen LogP contribution in [-0.2, 0) is 0 Å². The summed E-state index contributed by atoms with van der Waals surface area (Å²) in [6, 6.07) is 11.5. The van der Waals surface area contributed by atoms with E-state index in [1.807, 2.05) is 77.9 Å². The van der Waals surface area contributed by atoms with Gasteiger partial charge in [-0.05, 0) is 89.1 Å². The number of rotatable bonds is 8.